The lowest BCUT2D eigenvalue weighted by atomic mass is 10.1. The summed E-state index contributed by atoms with van der Waals surface area (Å²) in [6.07, 6.45) is -0.549. The number of rotatable bonds is 2. The molecule has 144 valence electrons. The molecule has 29 heavy (non-hydrogen) atoms. The molecule has 1 aromatic heterocycles. The number of hydrogen-bond donors (Lipinski definition) is 1. The minimum absolute atomic E-state index is 0.205. The van der Waals surface area contributed by atoms with E-state index in [0.29, 0.717) is 37.5 Å². The van der Waals surface area contributed by atoms with Crippen LogP contribution in [0.5, 0.6) is 0 Å². The Morgan fingerprint density at radius 3 is 2.38 bits per heavy atom. The van der Waals surface area contributed by atoms with Gasteiger partial charge in [-0.2, -0.15) is 4.68 Å². The second-order valence-corrected chi connectivity index (χ2v) is 7.84. The predicted molar refractivity (Wildman–Crippen MR) is 118 cm³/mol. The molecule has 2 heterocycles. The van der Waals surface area contributed by atoms with Crippen LogP contribution in [0.1, 0.15) is 11.7 Å². The number of nitrogens with zero attached hydrogens (tertiary/aromatic N) is 3. The molecule has 1 unspecified atom stereocenters. The van der Waals surface area contributed by atoms with Crippen LogP contribution >= 0.6 is 34.8 Å². The minimum atomic E-state index is -0.549. The molecular weight excluding hydrogens is 431 g/mol. The van der Waals surface area contributed by atoms with Gasteiger partial charge in [0.25, 0.3) is 5.56 Å². The van der Waals surface area contributed by atoms with E-state index in [9.17, 15) is 4.79 Å². The molecule has 0 saturated heterocycles. The van der Waals surface area contributed by atoms with Crippen LogP contribution < -0.4 is 15.9 Å². The molecule has 0 radical (unpaired) electrons. The van der Waals surface area contributed by atoms with E-state index in [0.717, 1.165) is 5.69 Å². The Morgan fingerprint density at radius 2 is 1.62 bits per heavy atom. The van der Waals surface area contributed by atoms with Gasteiger partial charge in [0.05, 0.1) is 10.9 Å². The smallest absolute Gasteiger partial charge is 0.281 e. The zero-order valence-electron chi connectivity index (χ0n) is 14.8. The van der Waals surface area contributed by atoms with Crippen LogP contribution in [0, 0.1) is 0 Å². The number of para-hydroxylation sites is 1. The Hall–Kier alpha value is -2.73. The number of nitrogens with one attached hydrogen (secondary N) is 1. The molecule has 1 N–H and O–H groups in total. The molecule has 0 saturated carbocycles. The normalized spacial score (nSPS) is 15.4. The van der Waals surface area contributed by atoms with Gasteiger partial charge in [0.2, 0.25) is 5.95 Å². The highest BCUT2D eigenvalue weighted by molar-refractivity contribution is 6.36. The second kappa shape index (κ2) is 6.95. The third kappa shape index (κ3) is 2.94. The molecule has 0 bridgehead atoms. The molecule has 0 aliphatic carbocycles. The number of anilines is 2. The van der Waals surface area contributed by atoms with Gasteiger partial charge in [0.1, 0.15) is 6.17 Å². The van der Waals surface area contributed by atoms with Gasteiger partial charge < -0.3 is 0 Å². The lowest BCUT2D eigenvalue weighted by Gasteiger charge is -2.26. The Balaban J connectivity index is 1.81. The molecule has 1 aliphatic heterocycles. The van der Waals surface area contributed by atoms with Gasteiger partial charge in [0, 0.05) is 26.3 Å². The van der Waals surface area contributed by atoms with Crippen molar-refractivity contribution in [1.82, 2.24) is 9.66 Å². The zero-order chi connectivity index (χ0) is 20.1. The molecule has 0 fully saturated rings. The van der Waals surface area contributed by atoms with Crippen molar-refractivity contribution < 1.29 is 0 Å². The fraction of sp³-hybridized carbons (Fsp3) is 0.0476. The average molecular weight is 444 g/mol. The number of hydrogen-bond acceptors (Lipinski definition) is 4. The van der Waals surface area contributed by atoms with Gasteiger partial charge in [-0.3, -0.25) is 15.1 Å². The summed E-state index contributed by atoms with van der Waals surface area (Å²) in [5.41, 5.74) is 5.00. The number of halogens is 3. The summed E-state index contributed by atoms with van der Waals surface area (Å²) in [6.45, 7) is 0. The third-order valence-corrected chi connectivity index (χ3v) is 5.74. The summed E-state index contributed by atoms with van der Waals surface area (Å²) >= 11 is 19.2. The Kier molecular flexibility index (Phi) is 4.39. The van der Waals surface area contributed by atoms with Crippen LogP contribution in [0.15, 0.2) is 71.5 Å². The van der Waals surface area contributed by atoms with Gasteiger partial charge in [-0.25, -0.2) is 4.98 Å². The molecule has 3 aromatic carbocycles. The molecular formula is C21H13Cl3N4O. The second-order valence-electron chi connectivity index (χ2n) is 6.59. The lowest BCUT2D eigenvalue weighted by Crippen LogP contribution is -2.28. The molecule has 1 aliphatic rings. The summed E-state index contributed by atoms with van der Waals surface area (Å²) in [6, 6.07) is 19.8. The van der Waals surface area contributed by atoms with E-state index in [2.05, 4.69) is 5.43 Å². The number of benzene rings is 3. The van der Waals surface area contributed by atoms with Crippen LogP contribution in [-0.4, -0.2) is 9.66 Å². The molecule has 1 atom stereocenters. The molecule has 0 spiro atoms. The van der Waals surface area contributed by atoms with Crippen molar-refractivity contribution >= 4 is 57.3 Å². The standard InChI is InChI=1S/C21H13Cl3N4O/c22-12-5-3-6-13(11-12)27-19(18-15(23)8-4-9-16(18)24)26-28-20(29)14-7-1-2-10-17(14)25-21(27)28/h1-11,19,26H. The first-order valence-electron chi connectivity index (χ1n) is 8.81. The van der Waals surface area contributed by atoms with Crippen molar-refractivity contribution in [3.8, 4) is 0 Å². The largest absolute Gasteiger partial charge is 0.293 e. The van der Waals surface area contributed by atoms with E-state index in [1.54, 1.807) is 36.4 Å². The number of aromatic nitrogens is 2. The topological polar surface area (TPSA) is 50.2 Å². The van der Waals surface area contributed by atoms with Gasteiger partial charge >= 0.3 is 0 Å². The van der Waals surface area contributed by atoms with Gasteiger partial charge in [-0.1, -0.05) is 59.1 Å². The zero-order valence-corrected chi connectivity index (χ0v) is 17.1. The number of fused-ring (bicyclic) bond motifs is 2. The lowest BCUT2D eigenvalue weighted by molar-refractivity contribution is 0.767. The molecule has 0 amide bonds. The van der Waals surface area contributed by atoms with Crippen LogP contribution in [0.2, 0.25) is 15.1 Å². The van der Waals surface area contributed by atoms with E-state index in [-0.39, 0.29) is 5.56 Å². The maximum Gasteiger partial charge on any atom is 0.281 e. The summed E-state index contributed by atoms with van der Waals surface area (Å²) < 4.78 is 1.42. The maximum atomic E-state index is 13.2. The highest BCUT2D eigenvalue weighted by Crippen LogP contribution is 2.42. The third-order valence-electron chi connectivity index (χ3n) is 4.84. The minimum Gasteiger partial charge on any atom is -0.293 e. The SMILES string of the molecule is O=c1c2ccccc2nc2n1NC(c1c(Cl)cccc1Cl)N2c1cccc(Cl)c1. The summed E-state index contributed by atoms with van der Waals surface area (Å²) in [7, 11) is 0. The van der Waals surface area contributed by atoms with Gasteiger partial charge in [-0.15, -0.1) is 0 Å². The van der Waals surface area contributed by atoms with Crippen molar-refractivity contribution in [1.29, 1.82) is 0 Å². The van der Waals surface area contributed by atoms with Crippen LogP contribution in [0.4, 0.5) is 11.6 Å². The van der Waals surface area contributed by atoms with Gasteiger partial charge in [0.15, 0.2) is 0 Å². The van der Waals surface area contributed by atoms with Crippen molar-refractivity contribution in [3.05, 3.63) is 97.7 Å². The first-order valence-corrected chi connectivity index (χ1v) is 9.95. The van der Waals surface area contributed by atoms with E-state index < -0.39 is 6.17 Å². The molecule has 4 aromatic rings. The molecule has 8 heteroatoms. The van der Waals surface area contributed by atoms with Crippen molar-refractivity contribution in [3.63, 3.8) is 0 Å². The Morgan fingerprint density at radius 1 is 0.897 bits per heavy atom. The summed E-state index contributed by atoms with van der Waals surface area (Å²) in [4.78, 5) is 19.8. The fourth-order valence-corrected chi connectivity index (χ4v) is 4.34. The molecule has 5 rings (SSSR count). The van der Waals surface area contributed by atoms with E-state index in [1.807, 2.05) is 35.2 Å². The highest BCUT2D eigenvalue weighted by Gasteiger charge is 2.36. The van der Waals surface area contributed by atoms with Crippen LogP contribution in [0.25, 0.3) is 10.9 Å². The van der Waals surface area contributed by atoms with Gasteiger partial charge in [-0.05, 0) is 42.5 Å². The van der Waals surface area contributed by atoms with Crippen molar-refractivity contribution in [2.24, 2.45) is 0 Å². The summed E-state index contributed by atoms with van der Waals surface area (Å²) in [5, 5.41) is 2.04. The highest BCUT2D eigenvalue weighted by atomic mass is 35.5. The van der Waals surface area contributed by atoms with Crippen LogP contribution in [-0.2, 0) is 0 Å². The van der Waals surface area contributed by atoms with Crippen molar-refractivity contribution in [2.75, 3.05) is 10.3 Å². The van der Waals surface area contributed by atoms with E-state index in [1.165, 1.54) is 4.68 Å². The first-order chi connectivity index (χ1) is 14.0. The van der Waals surface area contributed by atoms with Crippen molar-refractivity contribution in [2.45, 2.75) is 6.17 Å². The maximum absolute atomic E-state index is 13.2. The summed E-state index contributed by atoms with van der Waals surface area (Å²) in [5.74, 6) is 0.428. The van der Waals surface area contributed by atoms with E-state index in [4.69, 9.17) is 39.8 Å². The Labute approximate surface area is 181 Å². The first kappa shape index (κ1) is 18.3. The van der Waals surface area contributed by atoms with Crippen LogP contribution in [0.3, 0.4) is 0 Å². The predicted octanol–water partition coefficient (Wildman–Crippen LogP) is 5.75. The quantitative estimate of drug-likeness (QED) is 0.428. The van der Waals surface area contributed by atoms with E-state index >= 15 is 0 Å². The monoisotopic (exact) mass is 442 g/mol. The Bertz CT molecular complexity index is 1300. The average Bonchev–Trinajstić information content (AvgIpc) is 3.07. The fourth-order valence-electron chi connectivity index (χ4n) is 3.55. The molecule has 5 nitrogen and oxygen atoms in total.